The third-order valence-electron chi connectivity index (χ3n) is 2.07. The lowest BCUT2D eigenvalue weighted by Gasteiger charge is -2.05. The second-order valence-corrected chi connectivity index (χ2v) is 3.56. The smallest absolute Gasteiger partial charge is 0.412 e. The highest BCUT2D eigenvalue weighted by Crippen LogP contribution is 2.27. The highest BCUT2D eigenvalue weighted by Gasteiger charge is 2.20. The Morgan fingerprint density at radius 1 is 1.62 bits per heavy atom. The van der Waals surface area contributed by atoms with Crippen molar-refractivity contribution in [2.75, 3.05) is 13.2 Å². The fourth-order valence-corrected chi connectivity index (χ4v) is 1.04. The molecule has 1 aliphatic rings. The van der Waals surface area contributed by atoms with Crippen molar-refractivity contribution in [2.45, 2.75) is 19.8 Å². The minimum absolute atomic E-state index is 0.185. The molecule has 0 aromatic rings. The third-order valence-corrected chi connectivity index (χ3v) is 2.07. The number of halogens is 1. The van der Waals surface area contributed by atoms with E-state index >= 15 is 0 Å². The molecule has 1 rings (SSSR count). The fourth-order valence-electron chi connectivity index (χ4n) is 1.04. The minimum atomic E-state index is -0.821. The molecule has 16 heavy (non-hydrogen) atoms. The SMILES string of the molecule is CCOC(=O)NC(=N)/C(F)=C\NCC1CC1. The van der Waals surface area contributed by atoms with Gasteiger partial charge in [0.05, 0.1) is 6.61 Å². The largest absolute Gasteiger partial charge is 0.450 e. The van der Waals surface area contributed by atoms with Gasteiger partial charge in [0.2, 0.25) is 0 Å². The molecule has 5 nitrogen and oxygen atoms in total. The molecule has 0 bridgehead atoms. The molecule has 0 heterocycles. The van der Waals surface area contributed by atoms with Gasteiger partial charge < -0.3 is 10.1 Å². The molecule has 6 heteroatoms. The Hall–Kier alpha value is -1.59. The van der Waals surface area contributed by atoms with Gasteiger partial charge in [-0.1, -0.05) is 0 Å². The molecule has 0 spiro atoms. The summed E-state index contributed by atoms with van der Waals surface area (Å²) in [6, 6.07) is 0. The first kappa shape index (κ1) is 12.5. The Kier molecular flexibility index (Phi) is 4.75. The molecule has 1 fully saturated rings. The average Bonchev–Trinajstić information content (AvgIpc) is 3.01. The van der Waals surface area contributed by atoms with E-state index in [2.05, 4.69) is 10.1 Å². The van der Waals surface area contributed by atoms with E-state index in [4.69, 9.17) is 5.41 Å². The summed E-state index contributed by atoms with van der Waals surface area (Å²) >= 11 is 0. The number of amidine groups is 1. The average molecular weight is 229 g/mol. The summed E-state index contributed by atoms with van der Waals surface area (Å²) < 4.78 is 17.7. The standard InChI is InChI=1S/C10H16FN3O2/c1-2-16-10(15)14-9(12)8(11)6-13-5-7-3-4-7/h6-7,13H,2-5H2,1H3,(H2,12,14,15)/b8-6+. The first-order valence-corrected chi connectivity index (χ1v) is 5.25. The maximum Gasteiger partial charge on any atom is 0.412 e. The van der Waals surface area contributed by atoms with Crippen LogP contribution in [0.3, 0.4) is 0 Å². The maximum atomic E-state index is 13.2. The Labute approximate surface area is 93.6 Å². The van der Waals surface area contributed by atoms with Crippen LogP contribution in [0.1, 0.15) is 19.8 Å². The van der Waals surface area contributed by atoms with Gasteiger partial charge >= 0.3 is 6.09 Å². The summed E-state index contributed by atoms with van der Waals surface area (Å²) in [5.74, 6) is -0.785. The van der Waals surface area contributed by atoms with Gasteiger partial charge in [0, 0.05) is 12.7 Å². The second-order valence-electron chi connectivity index (χ2n) is 3.56. The van der Waals surface area contributed by atoms with E-state index in [1.807, 2.05) is 5.32 Å². The predicted octanol–water partition coefficient (Wildman–Crippen LogP) is 1.52. The number of alkyl carbamates (subject to hydrolysis) is 1. The molecule has 0 unspecified atom stereocenters. The fraction of sp³-hybridized carbons (Fsp3) is 0.600. The summed E-state index contributed by atoms with van der Waals surface area (Å²) in [5, 5.41) is 11.9. The number of hydrogen-bond donors (Lipinski definition) is 3. The topological polar surface area (TPSA) is 74.2 Å². The van der Waals surface area contributed by atoms with Crippen LogP contribution in [0.2, 0.25) is 0 Å². The number of rotatable bonds is 5. The molecule has 3 N–H and O–H groups in total. The van der Waals surface area contributed by atoms with Crippen molar-refractivity contribution in [2.24, 2.45) is 5.92 Å². The van der Waals surface area contributed by atoms with Gasteiger partial charge in [-0.2, -0.15) is 0 Å². The predicted molar refractivity (Wildman–Crippen MR) is 57.8 cm³/mol. The molecular formula is C10H16FN3O2. The van der Waals surface area contributed by atoms with Gasteiger partial charge in [0.15, 0.2) is 11.7 Å². The highest BCUT2D eigenvalue weighted by atomic mass is 19.1. The molecule has 0 aromatic carbocycles. The lowest BCUT2D eigenvalue weighted by Crippen LogP contribution is -2.31. The molecule has 90 valence electrons. The summed E-state index contributed by atoms with van der Waals surface area (Å²) in [6.45, 7) is 2.52. The molecule has 0 radical (unpaired) electrons. The monoisotopic (exact) mass is 229 g/mol. The van der Waals surface area contributed by atoms with Gasteiger partial charge in [-0.05, 0) is 25.7 Å². The molecule has 0 saturated heterocycles. The zero-order valence-corrected chi connectivity index (χ0v) is 9.18. The Morgan fingerprint density at radius 3 is 2.88 bits per heavy atom. The molecule has 1 aliphatic carbocycles. The first-order valence-electron chi connectivity index (χ1n) is 5.25. The van der Waals surface area contributed by atoms with E-state index < -0.39 is 17.8 Å². The van der Waals surface area contributed by atoms with Gasteiger partial charge in [-0.3, -0.25) is 10.7 Å². The maximum absolute atomic E-state index is 13.2. The van der Waals surface area contributed by atoms with Crippen molar-refractivity contribution in [1.29, 1.82) is 5.41 Å². The van der Waals surface area contributed by atoms with Gasteiger partial charge in [-0.15, -0.1) is 0 Å². The zero-order valence-electron chi connectivity index (χ0n) is 9.18. The lowest BCUT2D eigenvalue weighted by atomic mass is 10.4. The number of nitrogens with one attached hydrogen (secondary N) is 3. The summed E-state index contributed by atoms with van der Waals surface area (Å²) in [5.41, 5.74) is 0. The van der Waals surface area contributed by atoms with Crippen molar-refractivity contribution in [1.82, 2.24) is 10.6 Å². The van der Waals surface area contributed by atoms with Crippen LogP contribution >= 0.6 is 0 Å². The van der Waals surface area contributed by atoms with Crippen molar-refractivity contribution < 1.29 is 13.9 Å². The van der Waals surface area contributed by atoms with Crippen LogP contribution < -0.4 is 10.6 Å². The number of hydrogen-bond acceptors (Lipinski definition) is 4. The van der Waals surface area contributed by atoms with E-state index in [-0.39, 0.29) is 6.61 Å². The van der Waals surface area contributed by atoms with E-state index in [0.29, 0.717) is 12.5 Å². The van der Waals surface area contributed by atoms with Crippen molar-refractivity contribution in [3.63, 3.8) is 0 Å². The van der Waals surface area contributed by atoms with Gasteiger partial charge in [0.1, 0.15) is 0 Å². The van der Waals surface area contributed by atoms with Gasteiger partial charge in [0.25, 0.3) is 0 Å². The normalized spacial score (nSPS) is 15.5. The van der Waals surface area contributed by atoms with Crippen molar-refractivity contribution in [3.05, 3.63) is 12.0 Å². The highest BCUT2D eigenvalue weighted by molar-refractivity contribution is 6.02. The van der Waals surface area contributed by atoms with Crippen molar-refractivity contribution >= 4 is 11.9 Å². The van der Waals surface area contributed by atoms with Crippen LogP contribution in [0.15, 0.2) is 12.0 Å². The number of amides is 1. The van der Waals surface area contributed by atoms with Crippen LogP contribution in [-0.4, -0.2) is 25.1 Å². The molecule has 0 atom stereocenters. The summed E-state index contributed by atoms with van der Waals surface area (Å²) in [7, 11) is 0. The first-order chi connectivity index (χ1) is 7.63. The summed E-state index contributed by atoms with van der Waals surface area (Å²) in [4.78, 5) is 10.9. The lowest BCUT2D eigenvalue weighted by molar-refractivity contribution is 0.157. The quantitative estimate of drug-likeness (QED) is 0.494. The zero-order chi connectivity index (χ0) is 12.0. The molecule has 1 amide bonds. The number of carbonyl (C=O) groups excluding carboxylic acids is 1. The van der Waals surface area contributed by atoms with Crippen LogP contribution in [0.25, 0.3) is 0 Å². The third kappa shape index (κ3) is 4.77. The van der Waals surface area contributed by atoms with Crippen LogP contribution in [-0.2, 0) is 4.74 Å². The van der Waals surface area contributed by atoms with Gasteiger partial charge in [-0.25, -0.2) is 9.18 Å². The molecule has 1 saturated carbocycles. The van der Waals surface area contributed by atoms with Crippen molar-refractivity contribution in [3.8, 4) is 0 Å². The minimum Gasteiger partial charge on any atom is -0.450 e. The molecule has 0 aromatic heterocycles. The Morgan fingerprint density at radius 2 is 2.31 bits per heavy atom. The van der Waals surface area contributed by atoms with Crippen LogP contribution in [0.5, 0.6) is 0 Å². The Bertz CT molecular complexity index is 300. The number of ether oxygens (including phenoxy) is 1. The Balaban J connectivity index is 2.24. The van der Waals surface area contributed by atoms with Crippen LogP contribution in [0.4, 0.5) is 9.18 Å². The van der Waals surface area contributed by atoms with E-state index in [1.165, 1.54) is 12.8 Å². The second kappa shape index (κ2) is 6.09. The van der Waals surface area contributed by atoms with E-state index in [0.717, 1.165) is 6.20 Å². The molecule has 0 aliphatic heterocycles. The summed E-state index contributed by atoms with van der Waals surface area (Å²) in [6.07, 6.45) is 2.60. The van der Waals surface area contributed by atoms with Crippen LogP contribution in [0, 0.1) is 11.3 Å². The molecular weight excluding hydrogens is 213 g/mol. The van der Waals surface area contributed by atoms with E-state index in [1.54, 1.807) is 6.92 Å². The number of carbonyl (C=O) groups is 1. The van der Waals surface area contributed by atoms with E-state index in [9.17, 15) is 9.18 Å².